The highest BCUT2D eigenvalue weighted by Gasteiger charge is 2.35. The predicted molar refractivity (Wildman–Crippen MR) is 81.7 cm³/mol. The van der Waals surface area contributed by atoms with Crippen LogP contribution in [0.3, 0.4) is 0 Å². The fourth-order valence-corrected chi connectivity index (χ4v) is 2.58. The normalized spacial score (nSPS) is 15.5. The lowest BCUT2D eigenvalue weighted by Crippen LogP contribution is -2.42. The van der Waals surface area contributed by atoms with Crippen molar-refractivity contribution in [2.45, 2.75) is 39.0 Å². The molecule has 1 aliphatic carbocycles. The van der Waals surface area contributed by atoms with Gasteiger partial charge in [0.25, 0.3) is 5.91 Å². The summed E-state index contributed by atoms with van der Waals surface area (Å²) in [6, 6.07) is 3.55. The summed E-state index contributed by atoms with van der Waals surface area (Å²) >= 11 is 0. The summed E-state index contributed by atoms with van der Waals surface area (Å²) in [4.78, 5) is 16.5. The molecule has 0 unspecified atom stereocenters. The van der Waals surface area contributed by atoms with Crippen LogP contribution in [-0.2, 0) is 0 Å². The third-order valence-corrected chi connectivity index (χ3v) is 4.27. The van der Waals surface area contributed by atoms with E-state index in [1.54, 1.807) is 18.3 Å². The molecule has 0 spiro atoms. The first kappa shape index (κ1) is 15.5. The van der Waals surface area contributed by atoms with Gasteiger partial charge >= 0.3 is 0 Å². The van der Waals surface area contributed by atoms with Crippen molar-refractivity contribution in [1.82, 2.24) is 10.3 Å². The van der Waals surface area contributed by atoms with Gasteiger partial charge in [0.1, 0.15) is 5.69 Å². The molecule has 0 aliphatic heterocycles. The van der Waals surface area contributed by atoms with Gasteiger partial charge in [-0.3, -0.25) is 4.79 Å². The number of aliphatic hydroxyl groups is 1. The second kappa shape index (κ2) is 7.24. The van der Waals surface area contributed by atoms with E-state index in [1.165, 1.54) is 19.3 Å². The van der Waals surface area contributed by atoms with E-state index in [-0.39, 0.29) is 17.9 Å². The fraction of sp³-hybridized carbons (Fsp3) is 0.529. The van der Waals surface area contributed by atoms with Gasteiger partial charge in [0.2, 0.25) is 0 Å². The summed E-state index contributed by atoms with van der Waals surface area (Å²) in [5.41, 5.74) is 1.27. The molecule has 0 radical (unpaired) electrons. The van der Waals surface area contributed by atoms with E-state index in [9.17, 15) is 4.79 Å². The molecule has 112 valence electrons. The van der Waals surface area contributed by atoms with Crippen molar-refractivity contribution in [1.29, 1.82) is 0 Å². The minimum atomic E-state index is -0.163. The molecule has 1 heterocycles. The van der Waals surface area contributed by atoms with Gasteiger partial charge in [-0.15, -0.1) is 0 Å². The minimum Gasteiger partial charge on any atom is -0.395 e. The minimum absolute atomic E-state index is 0.0216. The molecule has 2 N–H and O–H groups in total. The van der Waals surface area contributed by atoms with E-state index in [1.807, 2.05) is 0 Å². The van der Waals surface area contributed by atoms with Gasteiger partial charge in [-0.1, -0.05) is 25.2 Å². The van der Waals surface area contributed by atoms with Crippen molar-refractivity contribution in [3.05, 3.63) is 29.6 Å². The summed E-state index contributed by atoms with van der Waals surface area (Å²) < 4.78 is 0. The lowest BCUT2D eigenvalue weighted by atomic mass is 9.67. The molecule has 1 amide bonds. The first-order valence-electron chi connectivity index (χ1n) is 7.54. The monoisotopic (exact) mass is 286 g/mol. The van der Waals surface area contributed by atoms with Crippen LogP contribution < -0.4 is 5.32 Å². The second-order valence-corrected chi connectivity index (χ2v) is 5.56. The quantitative estimate of drug-likeness (QED) is 0.815. The zero-order chi connectivity index (χ0) is 15.1. The molecule has 1 fully saturated rings. The number of carbonyl (C=O) groups excluding carboxylic acids is 1. The lowest BCUT2D eigenvalue weighted by molar-refractivity contribution is 0.0845. The Hall–Kier alpha value is -1.86. The van der Waals surface area contributed by atoms with Crippen LogP contribution in [-0.4, -0.2) is 29.1 Å². The fourth-order valence-electron chi connectivity index (χ4n) is 2.58. The molecule has 4 heteroatoms. The molecule has 4 nitrogen and oxygen atoms in total. The van der Waals surface area contributed by atoms with Crippen LogP contribution in [0.25, 0.3) is 0 Å². The molecule has 1 aromatic rings. The predicted octanol–water partition coefficient (Wildman–Crippen LogP) is 2.13. The average Bonchev–Trinajstić information content (AvgIpc) is 2.47. The molecule has 1 aliphatic rings. The molecule has 2 rings (SSSR count). The van der Waals surface area contributed by atoms with E-state index >= 15 is 0 Å². The summed E-state index contributed by atoms with van der Waals surface area (Å²) in [6.07, 6.45) is 6.73. The van der Waals surface area contributed by atoms with Crippen LogP contribution in [0.15, 0.2) is 18.3 Å². The smallest absolute Gasteiger partial charge is 0.271 e. The number of nitrogens with zero attached hydrogens (tertiary/aromatic N) is 1. The maximum Gasteiger partial charge on any atom is 0.271 e. The summed E-state index contributed by atoms with van der Waals surface area (Å²) in [6.45, 7) is 2.91. The highest BCUT2D eigenvalue weighted by molar-refractivity contribution is 5.94. The van der Waals surface area contributed by atoms with Crippen molar-refractivity contribution in [2.24, 2.45) is 5.41 Å². The van der Waals surface area contributed by atoms with Crippen LogP contribution in [0.1, 0.15) is 55.1 Å². The molecule has 0 saturated heterocycles. The highest BCUT2D eigenvalue weighted by atomic mass is 16.2. The summed E-state index contributed by atoms with van der Waals surface area (Å²) in [7, 11) is 0. The van der Waals surface area contributed by atoms with Crippen molar-refractivity contribution >= 4 is 5.91 Å². The SMILES string of the molecule is CCC1(CNC(=O)c2ncccc2C#CCCO)CCC1. The number of aromatic nitrogens is 1. The molecule has 0 aromatic carbocycles. The molecule has 0 bridgehead atoms. The van der Waals surface area contributed by atoms with Crippen LogP contribution in [0.4, 0.5) is 0 Å². The summed E-state index contributed by atoms with van der Waals surface area (Å²) in [5, 5.41) is 11.8. The van der Waals surface area contributed by atoms with Gasteiger partial charge in [-0.25, -0.2) is 4.98 Å². The number of carbonyl (C=O) groups is 1. The largest absolute Gasteiger partial charge is 0.395 e. The Morgan fingerprint density at radius 2 is 2.33 bits per heavy atom. The number of hydrogen-bond acceptors (Lipinski definition) is 3. The highest BCUT2D eigenvalue weighted by Crippen LogP contribution is 2.43. The van der Waals surface area contributed by atoms with Gasteiger partial charge in [0.05, 0.1) is 12.2 Å². The molecular formula is C17H22N2O2. The first-order chi connectivity index (χ1) is 10.2. The Morgan fingerprint density at radius 3 is 2.95 bits per heavy atom. The third-order valence-electron chi connectivity index (χ3n) is 4.27. The molecule has 21 heavy (non-hydrogen) atoms. The maximum atomic E-state index is 12.3. The molecule has 1 saturated carbocycles. The number of pyridine rings is 1. The Kier molecular flexibility index (Phi) is 5.35. The average molecular weight is 286 g/mol. The van der Waals surface area contributed by atoms with Gasteiger partial charge in [-0.2, -0.15) is 0 Å². The topological polar surface area (TPSA) is 62.2 Å². The van der Waals surface area contributed by atoms with Crippen molar-refractivity contribution in [2.75, 3.05) is 13.2 Å². The molecule has 0 atom stereocenters. The van der Waals surface area contributed by atoms with Crippen LogP contribution in [0.5, 0.6) is 0 Å². The number of nitrogens with one attached hydrogen (secondary N) is 1. The van der Waals surface area contributed by atoms with Crippen LogP contribution in [0, 0.1) is 17.3 Å². The van der Waals surface area contributed by atoms with Gasteiger partial charge < -0.3 is 10.4 Å². The number of rotatable bonds is 5. The third kappa shape index (κ3) is 3.83. The standard InChI is InChI=1S/C17H22N2O2/c1-2-17(9-6-10-17)13-19-16(21)15-14(7-3-4-12-20)8-5-11-18-15/h5,8,11,20H,2,4,6,9-10,12-13H2,1H3,(H,19,21). The van der Waals surface area contributed by atoms with E-state index in [0.29, 0.717) is 24.2 Å². The van der Waals surface area contributed by atoms with E-state index in [2.05, 4.69) is 29.1 Å². The number of aliphatic hydroxyl groups excluding tert-OH is 1. The van der Waals surface area contributed by atoms with Crippen LogP contribution in [0.2, 0.25) is 0 Å². The van der Waals surface area contributed by atoms with Gasteiger partial charge in [0, 0.05) is 19.2 Å². The van der Waals surface area contributed by atoms with E-state index in [4.69, 9.17) is 5.11 Å². The van der Waals surface area contributed by atoms with E-state index in [0.717, 1.165) is 6.42 Å². The first-order valence-corrected chi connectivity index (χ1v) is 7.54. The van der Waals surface area contributed by atoms with Crippen molar-refractivity contribution < 1.29 is 9.90 Å². The number of hydrogen-bond donors (Lipinski definition) is 2. The Labute approximate surface area is 126 Å². The number of amides is 1. The van der Waals surface area contributed by atoms with Gasteiger partial charge in [0.15, 0.2) is 0 Å². The van der Waals surface area contributed by atoms with Crippen molar-refractivity contribution in [3.63, 3.8) is 0 Å². The lowest BCUT2D eigenvalue weighted by Gasteiger charge is -2.41. The Bertz CT molecular complexity index is 548. The summed E-state index contributed by atoms with van der Waals surface area (Å²) in [5.74, 6) is 5.57. The van der Waals surface area contributed by atoms with Crippen molar-refractivity contribution in [3.8, 4) is 11.8 Å². The van der Waals surface area contributed by atoms with Crippen LogP contribution >= 0.6 is 0 Å². The maximum absolute atomic E-state index is 12.3. The zero-order valence-corrected chi connectivity index (χ0v) is 12.5. The molecular weight excluding hydrogens is 264 g/mol. The second-order valence-electron chi connectivity index (χ2n) is 5.56. The zero-order valence-electron chi connectivity index (χ0n) is 12.5. The Balaban J connectivity index is 2.04. The molecule has 1 aromatic heterocycles. The van der Waals surface area contributed by atoms with Gasteiger partial charge in [-0.05, 0) is 36.8 Å². The Morgan fingerprint density at radius 1 is 1.52 bits per heavy atom. The van der Waals surface area contributed by atoms with E-state index < -0.39 is 0 Å².